The lowest BCUT2D eigenvalue weighted by Gasteiger charge is -2.08. The highest BCUT2D eigenvalue weighted by atomic mass is 79.9. The fourth-order valence-corrected chi connectivity index (χ4v) is 2.45. The molecule has 0 aliphatic rings. The van der Waals surface area contributed by atoms with Crippen molar-refractivity contribution in [3.63, 3.8) is 0 Å². The van der Waals surface area contributed by atoms with Crippen LogP contribution < -0.4 is 5.56 Å². The summed E-state index contributed by atoms with van der Waals surface area (Å²) in [6.45, 7) is 1.77. The topological polar surface area (TPSA) is 58.6 Å². The molecule has 0 atom stereocenters. The van der Waals surface area contributed by atoms with Gasteiger partial charge in [-0.2, -0.15) is 0 Å². The third-order valence-corrected chi connectivity index (χ3v) is 3.61. The fourth-order valence-electron chi connectivity index (χ4n) is 2.09. The van der Waals surface area contributed by atoms with Gasteiger partial charge in [0.2, 0.25) is 0 Å². The van der Waals surface area contributed by atoms with Gasteiger partial charge >= 0.3 is 0 Å². The summed E-state index contributed by atoms with van der Waals surface area (Å²) in [6, 6.07) is 11.5. The molecule has 0 radical (unpaired) electrons. The van der Waals surface area contributed by atoms with Crippen molar-refractivity contribution in [3.05, 3.63) is 69.2 Å². The molecule has 1 N–H and O–H groups in total. The Morgan fingerprint density at radius 3 is 2.57 bits per heavy atom. The number of nitrogens with one attached hydrogen (secondary N) is 1. The molecule has 0 aliphatic heterocycles. The van der Waals surface area contributed by atoms with Crippen LogP contribution in [0.3, 0.4) is 0 Å². The Morgan fingerprint density at radius 1 is 1.10 bits per heavy atom. The van der Waals surface area contributed by atoms with E-state index < -0.39 is 0 Å². The Kier molecular flexibility index (Phi) is 3.66. The van der Waals surface area contributed by atoms with Crippen LogP contribution in [0.5, 0.6) is 0 Å². The molecule has 3 aromatic rings. The predicted octanol–water partition coefficient (Wildman–Crippen LogP) is 3.57. The monoisotopic (exact) mass is 341 g/mol. The summed E-state index contributed by atoms with van der Waals surface area (Å²) in [5, 5.41) is 0. The van der Waals surface area contributed by atoms with Crippen LogP contribution in [0.15, 0.2) is 58.1 Å². The predicted molar refractivity (Wildman–Crippen MR) is 86.0 cm³/mol. The van der Waals surface area contributed by atoms with Gasteiger partial charge in [0.05, 0.1) is 5.69 Å². The molecule has 0 saturated carbocycles. The zero-order valence-corrected chi connectivity index (χ0v) is 12.9. The minimum atomic E-state index is -0.140. The molecule has 4 nitrogen and oxygen atoms in total. The maximum atomic E-state index is 12.2. The standard InChI is InChI=1S/C16H12BrN3O/c1-10-14(11-5-3-2-4-6-11)19-15(20-16(10)21)12-7-13(17)9-18-8-12/h2-9H,1H3,(H,19,20,21). The average molecular weight is 342 g/mol. The van der Waals surface area contributed by atoms with Crippen molar-refractivity contribution in [2.75, 3.05) is 0 Å². The Morgan fingerprint density at radius 2 is 1.86 bits per heavy atom. The zero-order valence-electron chi connectivity index (χ0n) is 11.3. The number of benzene rings is 1. The highest BCUT2D eigenvalue weighted by molar-refractivity contribution is 9.10. The van der Waals surface area contributed by atoms with E-state index in [1.165, 1.54) is 0 Å². The quantitative estimate of drug-likeness (QED) is 0.775. The molecular formula is C16H12BrN3O. The van der Waals surface area contributed by atoms with Crippen LogP contribution in [0.25, 0.3) is 22.6 Å². The highest BCUT2D eigenvalue weighted by Gasteiger charge is 2.11. The van der Waals surface area contributed by atoms with E-state index in [0.29, 0.717) is 17.1 Å². The molecule has 0 fully saturated rings. The minimum absolute atomic E-state index is 0.140. The number of H-pyrrole nitrogens is 1. The summed E-state index contributed by atoms with van der Waals surface area (Å²) in [7, 11) is 0. The van der Waals surface area contributed by atoms with Crippen molar-refractivity contribution < 1.29 is 0 Å². The molecule has 1 aromatic carbocycles. The SMILES string of the molecule is Cc1c(-c2ccccc2)nc(-c2cncc(Br)c2)[nH]c1=O. The van der Waals surface area contributed by atoms with Crippen LogP contribution in [-0.2, 0) is 0 Å². The number of hydrogen-bond donors (Lipinski definition) is 1. The van der Waals surface area contributed by atoms with E-state index >= 15 is 0 Å². The number of rotatable bonds is 2. The summed E-state index contributed by atoms with van der Waals surface area (Å²) in [5.41, 5.74) is 2.84. The minimum Gasteiger partial charge on any atom is -0.306 e. The average Bonchev–Trinajstić information content (AvgIpc) is 2.51. The first kappa shape index (κ1) is 13.7. The van der Waals surface area contributed by atoms with Crippen LogP contribution in [0.4, 0.5) is 0 Å². The van der Waals surface area contributed by atoms with Gasteiger partial charge in [-0.1, -0.05) is 30.3 Å². The van der Waals surface area contributed by atoms with Gasteiger partial charge in [-0.05, 0) is 28.9 Å². The van der Waals surface area contributed by atoms with Gasteiger partial charge in [-0.15, -0.1) is 0 Å². The van der Waals surface area contributed by atoms with E-state index in [-0.39, 0.29) is 5.56 Å². The van der Waals surface area contributed by atoms with E-state index in [1.807, 2.05) is 36.4 Å². The van der Waals surface area contributed by atoms with Gasteiger partial charge < -0.3 is 4.98 Å². The van der Waals surface area contributed by atoms with Crippen LogP contribution in [-0.4, -0.2) is 15.0 Å². The van der Waals surface area contributed by atoms with Gasteiger partial charge in [-0.25, -0.2) is 4.98 Å². The van der Waals surface area contributed by atoms with Gasteiger partial charge in [0.15, 0.2) is 0 Å². The summed E-state index contributed by atoms with van der Waals surface area (Å²) >= 11 is 3.37. The molecule has 0 unspecified atom stereocenters. The summed E-state index contributed by atoms with van der Waals surface area (Å²) in [5.74, 6) is 0.512. The van der Waals surface area contributed by atoms with Crippen LogP contribution >= 0.6 is 15.9 Å². The molecule has 0 spiro atoms. The van der Waals surface area contributed by atoms with Crippen molar-refractivity contribution >= 4 is 15.9 Å². The smallest absolute Gasteiger partial charge is 0.254 e. The molecule has 2 aromatic heterocycles. The van der Waals surface area contributed by atoms with E-state index in [1.54, 1.807) is 19.3 Å². The highest BCUT2D eigenvalue weighted by Crippen LogP contribution is 2.23. The molecule has 21 heavy (non-hydrogen) atoms. The van der Waals surface area contributed by atoms with E-state index in [0.717, 1.165) is 15.6 Å². The summed E-state index contributed by atoms with van der Waals surface area (Å²) in [4.78, 5) is 23.7. The Hall–Kier alpha value is -2.27. The molecule has 0 saturated heterocycles. The van der Waals surface area contributed by atoms with Crippen molar-refractivity contribution in [2.24, 2.45) is 0 Å². The largest absolute Gasteiger partial charge is 0.306 e. The fraction of sp³-hybridized carbons (Fsp3) is 0.0625. The van der Waals surface area contributed by atoms with Crippen LogP contribution in [0.1, 0.15) is 5.56 Å². The molecule has 104 valence electrons. The van der Waals surface area contributed by atoms with E-state index in [2.05, 4.69) is 30.9 Å². The Balaban J connectivity index is 2.21. The molecule has 3 rings (SSSR count). The molecule has 2 heterocycles. The first-order valence-corrected chi connectivity index (χ1v) is 7.22. The van der Waals surface area contributed by atoms with E-state index in [9.17, 15) is 4.79 Å². The first-order valence-electron chi connectivity index (χ1n) is 6.42. The number of halogens is 1. The zero-order chi connectivity index (χ0) is 14.8. The van der Waals surface area contributed by atoms with Crippen molar-refractivity contribution in [3.8, 4) is 22.6 Å². The summed E-state index contributed by atoms with van der Waals surface area (Å²) < 4.78 is 0.837. The number of aromatic amines is 1. The molecule has 5 heteroatoms. The number of aromatic nitrogens is 3. The normalized spacial score (nSPS) is 10.6. The molecule has 0 bridgehead atoms. The van der Waals surface area contributed by atoms with Gasteiger partial charge in [0, 0.05) is 33.6 Å². The maximum absolute atomic E-state index is 12.2. The van der Waals surface area contributed by atoms with Crippen LogP contribution in [0.2, 0.25) is 0 Å². The van der Waals surface area contributed by atoms with E-state index in [4.69, 9.17) is 0 Å². The second kappa shape index (κ2) is 5.61. The summed E-state index contributed by atoms with van der Waals surface area (Å²) in [6.07, 6.45) is 3.36. The molecule has 0 aliphatic carbocycles. The Bertz CT molecular complexity index is 844. The number of pyridine rings is 1. The van der Waals surface area contributed by atoms with Crippen molar-refractivity contribution in [1.82, 2.24) is 15.0 Å². The maximum Gasteiger partial charge on any atom is 0.254 e. The second-order valence-corrected chi connectivity index (χ2v) is 5.56. The number of nitrogens with zero attached hydrogens (tertiary/aromatic N) is 2. The second-order valence-electron chi connectivity index (χ2n) is 4.65. The van der Waals surface area contributed by atoms with Gasteiger partial charge in [0.1, 0.15) is 5.82 Å². The van der Waals surface area contributed by atoms with Crippen molar-refractivity contribution in [1.29, 1.82) is 0 Å². The lowest BCUT2D eigenvalue weighted by molar-refractivity contribution is 1.09. The molecular weight excluding hydrogens is 330 g/mol. The first-order chi connectivity index (χ1) is 10.1. The number of hydrogen-bond acceptors (Lipinski definition) is 3. The van der Waals surface area contributed by atoms with Crippen molar-refractivity contribution in [2.45, 2.75) is 6.92 Å². The Labute approximate surface area is 130 Å². The van der Waals surface area contributed by atoms with Gasteiger partial charge in [-0.3, -0.25) is 9.78 Å². The third-order valence-electron chi connectivity index (χ3n) is 3.18. The van der Waals surface area contributed by atoms with Crippen LogP contribution in [0, 0.1) is 6.92 Å². The lowest BCUT2D eigenvalue weighted by Crippen LogP contribution is -2.14. The third kappa shape index (κ3) is 2.78. The molecule has 0 amide bonds. The van der Waals surface area contributed by atoms with Gasteiger partial charge in [0.25, 0.3) is 5.56 Å². The lowest BCUT2D eigenvalue weighted by atomic mass is 10.1.